The van der Waals surface area contributed by atoms with E-state index in [1.165, 1.54) is 0 Å². The summed E-state index contributed by atoms with van der Waals surface area (Å²) in [4.78, 5) is 17.2. The van der Waals surface area contributed by atoms with Gasteiger partial charge >= 0.3 is 8.60 Å². The summed E-state index contributed by atoms with van der Waals surface area (Å²) < 4.78 is 4.95. The highest BCUT2D eigenvalue weighted by molar-refractivity contribution is 7.39. The molecule has 68 valence electrons. The van der Waals surface area contributed by atoms with Gasteiger partial charge in [0.25, 0.3) is 0 Å². The molecular formula is C7H17O3P. The van der Waals surface area contributed by atoms with Gasteiger partial charge in [0.2, 0.25) is 0 Å². The van der Waals surface area contributed by atoms with Crippen LogP contribution in [-0.2, 0) is 4.52 Å². The Bertz CT molecular complexity index is 95.9. The zero-order valence-corrected chi connectivity index (χ0v) is 8.38. The monoisotopic (exact) mass is 180 g/mol. The van der Waals surface area contributed by atoms with E-state index in [0.717, 1.165) is 0 Å². The highest BCUT2D eigenvalue weighted by atomic mass is 31.2. The van der Waals surface area contributed by atoms with Gasteiger partial charge in [-0.25, -0.2) is 0 Å². The molecule has 0 atom stereocenters. The van der Waals surface area contributed by atoms with Crippen molar-refractivity contribution in [2.24, 2.45) is 11.8 Å². The van der Waals surface area contributed by atoms with E-state index in [4.69, 9.17) is 14.3 Å². The molecule has 3 nitrogen and oxygen atoms in total. The molecule has 0 saturated carbocycles. The molecule has 0 aliphatic heterocycles. The molecular weight excluding hydrogens is 163 g/mol. The Morgan fingerprint density at radius 2 is 1.36 bits per heavy atom. The minimum atomic E-state index is -2.20. The standard InChI is InChI=1S/C7H17O3P/c1-5(2)7(6(3)4)10-11(8)9/h5-9H,1-4H3. The summed E-state index contributed by atoms with van der Waals surface area (Å²) in [6.45, 7) is 8.01. The van der Waals surface area contributed by atoms with Gasteiger partial charge in [-0.15, -0.1) is 0 Å². The topological polar surface area (TPSA) is 49.7 Å². The molecule has 0 spiro atoms. The molecule has 0 aromatic carbocycles. The summed E-state index contributed by atoms with van der Waals surface area (Å²) in [5, 5.41) is 0. The quantitative estimate of drug-likeness (QED) is 0.649. The van der Waals surface area contributed by atoms with Gasteiger partial charge in [0.15, 0.2) is 0 Å². The first kappa shape index (κ1) is 11.3. The largest absolute Gasteiger partial charge is 0.328 e. The molecule has 4 heteroatoms. The summed E-state index contributed by atoms with van der Waals surface area (Å²) in [5.41, 5.74) is 0. The number of rotatable bonds is 4. The Kier molecular flexibility index (Phi) is 5.19. The summed E-state index contributed by atoms with van der Waals surface area (Å²) >= 11 is 0. The van der Waals surface area contributed by atoms with Crippen LogP contribution in [0.2, 0.25) is 0 Å². The minimum Gasteiger partial charge on any atom is -0.328 e. The van der Waals surface area contributed by atoms with E-state index < -0.39 is 8.60 Å². The second-order valence-electron chi connectivity index (χ2n) is 3.31. The van der Waals surface area contributed by atoms with Gasteiger partial charge in [-0.1, -0.05) is 27.7 Å². The summed E-state index contributed by atoms with van der Waals surface area (Å²) in [7, 11) is -2.20. The molecule has 0 saturated heterocycles. The van der Waals surface area contributed by atoms with Crippen molar-refractivity contribution in [2.75, 3.05) is 0 Å². The van der Waals surface area contributed by atoms with E-state index in [0.29, 0.717) is 11.8 Å². The molecule has 0 aromatic rings. The molecule has 0 radical (unpaired) electrons. The van der Waals surface area contributed by atoms with Crippen molar-refractivity contribution in [1.29, 1.82) is 0 Å². The Hall–Kier alpha value is 0.310. The first-order valence-corrected chi connectivity index (χ1v) is 4.96. The van der Waals surface area contributed by atoms with Crippen LogP contribution < -0.4 is 0 Å². The Balaban J connectivity index is 3.90. The normalized spacial score (nSPS) is 12.5. The number of hydrogen-bond acceptors (Lipinski definition) is 3. The Morgan fingerprint density at radius 3 is 1.45 bits per heavy atom. The van der Waals surface area contributed by atoms with Crippen molar-refractivity contribution in [3.63, 3.8) is 0 Å². The van der Waals surface area contributed by atoms with Gasteiger partial charge in [0.1, 0.15) is 0 Å². The molecule has 0 rings (SSSR count). The fourth-order valence-corrected chi connectivity index (χ4v) is 1.83. The van der Waals surface area contributed by atoms with Crippen molar-refractivity contribution >= 4 is 8.60 Å². The second kappa shape index (κ2) is 5.04. The van der Waals surface area contributed by atoms with Gasteiger partial charge < -0.3 is 14.3 Å². The third-order valence-electron chi connectivity index (χ3n) is 1.53. The van der Waals surface area contributed by atoms with Crippen molar-refractivity contribution in [3.05, 3.63) is 0 Å². The fraction of sp³-hybridized carbons (Fsp3) is 1.00. The van der Waals surface area contributed by atoms with E-state index in [9.17, 15) is 0 Å². The molecule has 0 heterocycles. The maximum atomic E-state index is 8.62. The predicted molar refractivity (Wildman–Crippen MR) is 45.9 cm³/mol. The lowest BCUT2D eigenvalue weighted by molar-refractivity contribution is 0.0887. The molecule has 0 aliphatic carbocycles. The first-order valence-electron chi connectivity index (χ1n) is 3.79. The highest BCUT2D eigenvalue weighted by Crippen LogP contribution is 2.32. The second-order valence-corrected chi connectivity index (χ2v) is 4.03. The van der Waals surface area contributed by atoms with Crippen LogP contribution in [0.3, 0.4) is 0 Å². The average molecular weight is 180 g/mol. The molecule has 0 amide bonds. The van der Waals surface area contributed by atoms with Gasteiger partial charge in [0, 0.05) is 0 Å². The summed E-state index contributed by atoms with van der Waals surface area (Å²) in [5.74, 6) is 0.638. The maximum Gasteiger partial charge on any atom is 0.327 e. The lowest BCUT2D eigenvalue weighted by atomic mass is 9.97. The zero-order valence-electron chi connectivity index (χ0n) is 7.48. The lowest BCUT2D eigenvalue weighted by Crippen LogP contribution is -2.23. The smallest absolute Gasteiger partial charge is 0.327 e. The lowest BCUT2D eigenvalue weighted by Gasteiger charge is -2.24. The molecule has 0 fully saturated rings. The van der Waals surface area contributed by atoms with E-state index in [1.54, 1.807) is 0 Å². The van der Waals surface area contributed by atoms with E-state index in [2.05, 4.69) is 0 Å². The Labute approximate surface area is 69.4 Å². The predicted octanol–water partition coefficient (Wildman–Crippen LogP) is 1.90. The van der Waals surface area contributed by atoms with Crippen molar-refractivity contribution in [1.82, 2.24) is 0 Å². The van der Waals surface area contributed by atoms with Gasteiger partial charge in [-0.2, -0.15) is 0 Å². The molecule has 0 aliphatic rings. The third-order valence-corrected chi connectivity index (χ3v) is 1.96. The van der Waals surface area contributed by atoms with Crippen LogP contribution in [0.5, 0.6) is 0 Å². The van der Waals surface area contributed by atoms with Gasteiger partial charge in [0.05, 0.1) is 6.10 Å². The SMILES string of the molecule is CC(C)C(OP(O)O)C(C)C. The van der Waals surface area contributed by atoms with Crippen LogP contribution in [0, 0.1) is 11.8 Å². The highest BCUT2D eigenvalue weighted by Gasteiger charge is 2.21. The van der Waals surface area contributed by atoms with Crippen LogP contribution >= 0.6 is 8.60 Å². The molecule has 0 bridgehead atoms. The Morgan fingerprint density at radius 1 is 1.00 bits per heavy atom. The van der Waals surface area contributed by atoms with Crippen LogP contribution in [0.15, 0.2) is 0 Å². The first-order chi connectivity index (χ1) is 4.95. The van der Waals surface area contributed by atoms with Crippen LogP contribution in [-0.4, -0.2) is 15.9 Å². The number of hydrogen-bond donors (Lipinski definition) is 2. The van der Waals surface area contributed by atoms with Crippen LogP contribution in [0.1, 0.15) is 27.7 Å². The molecule has 11 heavy (non-hydrogen) atoms. The third kappa shape index (κ3) is 4.70. The summed E-state index contributed by atoms with van der Waals surface area (Å²) in [6, 6.07) is 0. The minimum absolute atomic E-state index is 0.0592. The van der Waals surface area contributed by atoms with Crippen molar-refractivity contribution in [3.8, 4) is 0 Å². The zero-order chi connectivity index (χ0) is 9.02. The summed E-state index contributed by atoms with van der Waals surface area (Å²) in [6.07, 6.45) is -0.0592. The maximum absolute atomic E-state index is 8.62. The van der Waals surface area contributed by atoms with Gasteiger partial charge in [-0.05, 0) is 11.8 Å². The van der Waals surface area contributed by atoms with E-state index in [-0.39, 0.29) is 6.10 Å². The van der Waals surface area contributed by atoms with Gasteiger partial charge in [-0.3, -0.25) is 0 Å². The molecule has 2 N–H and O–H groups in total. The molecule has 0 aromatic heterocycles. The van der Waals surface area contributed by atoms with Crippen LogP contribution in [0.4, 0.5) is 0 Å². The average Bonchev–Trinajstić information content (AvgIpc) is 1.81. The van der Waals surface area contributed by atoms with Crippen molar-refractivity contribution in [2.45, 2.75) is 33.8 Å². The van der Waals surface area contributed by atoms with E-state index in [1.807, 2.05) is 27.7 Å². The fourth-order valence-electron chi connectivity index (χ4n) is 1.12. The molecule has 0 unspecified atom stereocenters. The van der Waals surface area contributed by atoms with Crippen molar-refractivity contribution < 1.29 is 14.3 Å². The van der Waals surface area contributed by atoms with E-state index >= 15 is 0 Å². The van der Waals surface area contributed by atoms with Crippen LogP contribution in [0.25, 0.3) is 0 Å².